The number of benzene rings is 1. The first-order valence-corrected chi connectivity index (χ1v) is 4.69. The highest BCUT2D eigenvalue weighted by Crippen LogP contribution is 2.05. The van der Waals surface area contributed by atoms with E-state index in [-0.39, 0.29) is 5.82 Å². The van der Waals surface area contributed by atoms with Crippen molar-refractivity contribution in [3.05, 3.63) is 35.6 Å². The number of nitrogens with zero attached hydrogens (tertiary/aromatic N) is 1. The van der Waals surface area contributed by atoms with Gasteiger partial charge < -0.3 is 9.94 Å². The summed E-state index contributed by atoms with van der Waals surface area (Å²) >= 11 is 0. The maximum Gasteiger partial charge on any atom is 0.344 e. The Morgan fingerprint density at radius 2 is 2.31 bits per heavy atom. The second-order valence-electron chi connectivity index (χ2n) is 3.30. The molecule has 0 heterocycles. The lowest BCUT2D eigenvalue weighted by atomic mass is 10.1. The molecule has 1 aromatic carbocycles. The molecule has 0 spiro atoms. The van der Waals surface area contributed by atoms with Gasteiger partial charge in [0.05, 0.1) is 5.71 Å². The molecule has 0 fully saturated rings. The smallest absolute Gasteiger partial charge is 0.344 e. The van der Waals surface area contributed by atoms with E-state index in [0.29, 0.717) is 12.1 Å². The lowest BCUT2D eigenvalue weighted by molar-refractivity contribution is -0.142. The highest BCUT2D eigenvalue weighted by Gasteiger charge is 1.99. The molecular weight excluding hydrogens is 213 g/mol. The molecular formula is C11H12FNO3. The van der Waals surface area contributed by atoms with Gasteiger partial charge in [0.15, 0.2) is 0 Å². The zero-order valence-corrected chi connectivity index (χ0v) is 8.81. The largest absolute Gasteiger partial charge is 0.479 e. The number of aliphatic carboxylic acids is 1. The van der Waals surface area contributed by atoms with Crippen LogP contribution in [0.2, 0.25) is 0 Å². The lowest BCUT2D eigenvalue weighted by Crippen LogP contribution is -2.06. The third-order valence-electron chi connectivity index (χ3n) is 1.76. The van der Waals surface area contributed by atoms with E-state index in [9.17, 15) is 9.18 Å². The van der Waals surface area contributed by atoms with Gasteiger partial charge in [0.2, 0.25) is 6.61 Å². The van der Waals surface area contributed by atoms with Gasteiger partial charge in [-0.05, 0) is 24.6 Å². The molecule has 16 heavy (non-hydrogen) atoms. The van der Waals surface area contributed by atoms with Gasteiger partial charge in [-0.1, -0.05) is 17.3 Å². The molecule has 1 rings (SSSR count). The summed E-state index contributed by atoms with van der Waals surface area (Å²) in [5.41, 5.74) is 1.35. The Kier molecular flexibility index (Phi) is 4.44. The van der Waals surface area contributed by atoms with Crippen LogP contribution in [0.1, 0.15) is 12.5 Å². The Balaban J connectivity index is 2.50. The number of hydrogen-bond donors (Lipinski definition) is 1. The van der Waals surface area contributed by atoms with Crippen molar-refractivity contribution in [3.63, 3.8) is 0 Å². The molecule has 0 amide bonds. The van der Waals surface area contributed by atoms with E-state index in [1.54, 1.807) is 19.1 Å². The third-order valence-corrected chi connectivity index (χ3v) is 1.76. The fraction of sp³-hybridized carbons (Fsp3) is 0.273. The van der Waals surface area contributed by atoms with Crippen molar-refractivity contribution in [2.24, 2.45) is 5.16 Å². The number of carboxylic acids is 1. The van der Waals surface area contributed by atoms with Crippen molar-refractivity contribution in [1.82, 2.24) is 0 Å². The SMILES string of the molecule is C/C(Cc1cccc(F)c1)=N/OCC(=O)O. The Morgan fingerprint density at radius 1 is 1.56 bits per heavy atom. The van der Waals surface area contributed by atoms with E-state index >= 15 is 0 Å². The maximum atomic E-state index is 12.8. The molecule has 86 valence electrons. The molecule has 0 saturated heterocycles. The Hall–Kier alpha value is -1.91. The van der Waals surface area contributed by atoms with E-state index in [0.717, 1.165) is 5.56 Å². The molecule has 0 unspecified atom stereocenters. The molecule has 0 atom stereocenters. The van der Waals surface area contributed by atoms with Gasteiger partial charge >= 0.3 is 5.97 Å². The minimum absolute atomic E-state index is 0.309. The van der Waals surface area contributed by atoms with Crippen LogP contribution in [0.4, 0.5) is 4.39 Å². The summed E-state index contributed by atoms with van der Waals surface area (Å²) in [4.78, 5) is 14.7. The van der Waals surface area contributed by atoms with E-state index in [2.05, 4.69) is 9.99 Å². The number of carboxylic acid groups (broad SMARTS) is 1. The lowest BCUT2D eigenvalue weighted by Gasteiger charge is -2.01. The van der Waals surface area contributed by atoms with Crippen LogP contribution < -0.4 is 0 Å². The predicted octanol–water partition coefficient (Wildman–Crippen LogP) is 1.85. The molecule has 0 aromatic heterocycles. The van der Waals surface area contributed by atoms with E-state index in [4.69, 9.17) is 5.11 Å². The molecule has 1 aromatic rings. The average Bonchev–Trinajstić information content (AvgIpc) is 2.16. The first kappa shape index (κ1) is 12.2. The van der Waals surface area contributed by atoms with Crippen molar-refractivity contribution in [2.75, 3.05) is 6.61 Å². The van der Waals surface area contributed by atoms with Gasteiger partial charge in [-0.15, -0.1) is 0 Å². The van der Waals surface area contributed by atoms with Crippen LogP contribution in [0.5, 0.6) is 0 Å². The summed E-state index contributed by atoms with van der Waals surface area (Å²) < 4.78 is 12.8. The normalized spacial score (nSPS) is 11.2. The Bertz CT molecular complexity index is 404. The molecule has 4 nitrogen and oxygen atoms in total. The Labute approximate surface area is 92.3 Å². The van der Waals surface area contributed by atoms with Gasteiger partial charge in [-0.2, -0.15) is 0 Å². The molecule has 0 saturated carbocycles. The molecule has 1 N–H and O–H groups in total. The van der Waals surface area contributed by atoms with Gasteiger partial charge in [0.1, 0.15) is 5.82 Å². The number of rotatable bonds is 5. The predicted molar refractivity (Wildman–Crippen MR) is 56.8 cm³/mol. The molecule has 0 aliphatic rings. The summed E-state index contributed by atoms with van der Waals surface area (Å²) in [5.74, 6) is -1.39. The second-order valence-corrected chi connectivity index (χ2v) is 3.30. The van der Waals surface area contributed by atoms with Gasteiger partial charge in [0, 0.05) is 6.42 Å². The van der Waals surface area contributed by atoms with Crippen molar-refractivity contribution >= 4 is 11.7 Å². The van der Waals surface area contributed by atoms with Crippen LogP contribution in [-0.2, 0) is 16.1 Å². The highest BCUT2D eigenvalue weighted by molar-refractivity contribution is 5.83. The number of halogens is 1. The zero-order valence-electron chi connectivity index (χ0n) is 8.81. The van der Waals surface area contributed by atoms with E-state index in [1.807, 2.05) is 0 Å². The topological polar surface area (TPSA) is 58.9 Å². The van der Waals surface area contributed by atoms with Gasteiger partial charge in [-0.3, -0.25) is 0 Å². The van der Waals surface area contributed by atoms with Crippen LogP contribution in [0, 0.1) is 5.82 Å². The maximum absolute atomic E-state index is 12.8. The molecule has 0 aliphatic heterocycles. The van der Waals surface area contributed by atoms with Crippen molar-refractivity contribution in [3.8, 4) is 0 Å². The van der Waals surface area contributed by atoms with Crippen molar-refractivity contribution < 1.29 is 19.1 Å². The van der Waals surface area contributed by atoms with Gasteiger partial charge in [-0.25, -0.2) is 9.18 Å². The fourth-order valence-electron chi connectivity index (χ4n) is 1.17. The quantitative estimate of drug-likeness (QED) is 0.614. The number of oxime groups is 1. The molecule has 0 bridgehead atoms. The minimum Gasteiger partial charge on any atom is -0.479 e. The Morgan fingerprint density at radius 3 is 2.94 bits per heavy atom. The summed E-state index contributed by atoms with van der Waals surface area (Å²) in [6.45, 7) is 1.22. The van der Waals surface area contributed by atoms with Crippen LogP contribution in [0.3, 0.4) is 0 Å². The standard InChI is InChI=1S/C11H12FNO3/c1-8(13-16-7-11(14)15)5-9-3-2-4-10(12)6-9/h2-4,6H,5,7H2,1H3,(H,14,15)/b13-8-. The van der Waals surface area contributed by atoms with Crippen LogP contribution in [0.25, 0.3) is 0 Å². The second kappa shape index (κ2) is 5.85. The van der Waals surface area contributed by atoms with E-state index in [1.165, 1.54) is 12.1 Å². The zero-order chi connectivity index (χ0) is 12.0. The summed E-state index contributed by atoms with van der Waals surface area (Å²) in [6, 6.07) is 6.13. The summed E-state index contributed by atoms with van der Waals surface area (Å²) in [6.07, 6.45) is 0.428. The van der Waals surface area contributed by atoms with Crippen molar-refractivity contribution in [2.45, 2.75) is 13.3 Å². The number of hydrogen-bond acceptors (Lipinski definition) is 3. The van der Waals surface area contributed by atoms with Crippen LogP contribution in [-0.4, -0.2) is 23.4 Å². The van der Waals surface area contributed by atoms with Crippen LogP contribution in [0.15, 0.2) is 29.4 Å². The number of carbonyl (C=O) groups is 1. The summed E-state index contributed by atoms with van der Waals surface area (Å²) in [5, 5.41) is 11.9. The minimum atomic E-state index is -1.08. The fourth-order valence-corrected chi connectivity index (χ4v) is 1.17. The third kappa shape index (κ3) is 4.54. The highest BCUT2D eigenvalue weighted by atomic mass is 19.1. The van der Waals surface area contributed by atoms with Gasteiger partial charge in [0.25, 0.3) is 0 Å². The molecule has 5 heteroatoms. The first-order valence-electron chi connectivity index (χ1n) is 4.69. The molecule has 0 radical (unpaired) electrons. The molecule has 0 aliphatic carbocycles. The van der Waals surface area contributed by atoms with Crippen molar-refractivity contribution in [1.29, 1.82) is 0 Å². The average molecular weight is 225 g/mol. The first-order chi connectivity index (χ1) is 7.58. The monoisotopic (exact) mass is 225 g/mol. The van der Waals surface area contributed by atoms with E-state index < -0.39 is 12.6 Å². The van der Waals surface area contributed by atoms with Crippen LogP contribution >= 0.6 is 0 Å². The summed E-state index contributed by atoms with van der Waals surface area (Å²) in [7, 11) is 0.